The molecule has 0 amide bonds. The van der Waals surface area contributed by atoms with Crippen molar-refractivity contribution in [3.05, 3.63) is 39.1 Å². The summed E-state index contributed by atoms with van der Waals surface area (Å²) in [6.45, 7) is 0. The number of nitrogens with zero attached hydrogens (tertiary/aromatic N) is 1. The fraction of sp³-hybridized carbons (Fsp3) is 0.467. The lowest BCUT2D eigenvalue weighted by atomic mass is 9.66. The molecule has 6 nitrogen and oxygen atoms in total. The minimum Gasteiger partial charge on any atom is -0.508 e. The predicted octanol–water partition coefficient (Wildman–Crippen LogP) is 2.77. The number of hydrogen-bond acceptors (Lipinski definition) is 5. The Morgan fingerprint density at radius 3 is 2.71 bits per heavy atom. The molecule has 2 aliphatic carbocycles. The van der Waals surface area contributed by atoms with E-state index in [0.717, 1.165) is 12.8 Å². The van der Waals surface area contributed by atoms with Crippen molar-refractivity contribution in [2.45, 2.75) is 37.2 Å². The van der Waals surface area contributed by atoms with Crippen LogP contribution in [-0.2, 0) is 4.74 Å². The van der Waals surface area contributed by atoms with Crippen LogP contribution in [0.15, 0.2) is 17.8 Å². The molecule has 21 heavy (non-hydrogen) atoms. The number of methoxy groups -OCH3 is 1. The molecule has 0 aromatic heterocycles. The SMILES string of the molecule is CO[C@@]12CCCC[C@@H]1c1c(O)ccc(O)c1C=C2[N+](=O)[O-]. The summed E-state index contributed by atoms with van der Waals surface area (Å²) in [4.78, 5) is 11.1. The van der Waals surface area contributed by atoms with Crippen molar-refractivity contribution in [3.8, 4) is 11.5 Å². The Bertz CT molecular complexity index is 639. The number of fused-ring (bicyclic) bond motifs is 3. The second-order valence-electron chi connectivity index (χ2n) is 5.61. The number of phenolic OH excluding ortho intramolecular Hbond substituents is 2. The maximum absolute atomic E-state index is 11.5. The molecule has 1 saturated carbocycles. The van der Waals surface area contributed by atoms with Gasteiger partial charge in [0.2, 0.25) is 0 Å². The van der Waals surface area contributed by atoms with Crippen LogP contribution < -0.4 is 0 Å². The number of benzene rings is 1. The molecule has 112 valence electrons. The molecule has 0 saturated heterocycles. The van der Waals surface area contributed by atoms with Gasteiger partial charge in [-0.15, -0.1) is 0 Å². The molecule has 0 radical (unpaired) electrons. The zero-order chi connectivity index (χ0) is 15.2. The van der Waals surface area contributed by atoms with E-state index in [1.54, 1.807) is 0 Å². The van der Waals surface area contributed by atoms with E-state index >= 15 is 0 Å². The van der Waals surface area contributed by atoms with Gasteiger partial charge in [-0.05, 0) is 31.4 Å². The third-order valence-corrected chi connectivity index (χ3v) is 4.72. The Morgan fingerprint density at radius 1 is 1.33 bits per heavy atom. The van der Waals surface area contributed by atoms with E-state index < -0.39 is 10.5 Å². The molecule has 0 aliphatic heterocycles. The Hall–Kier alpha value is -2.08. The Morgan fingerprint density at radius 2 is 2.05 bits per heavy atom. The molecule has 0 bridgehead atoms. The first-order chi connectivity index (χ1) is 10.0. The lowest BCUT2D eigenvalue weighted by Gasteiger charge is -2.43. The van der Waals surface area contributed by atoms with Crippen LogP contribution in [0.2, 0.25) is 0 Å². The van der Waals surface area contributed by atoms with Gasteiger partial charge in [0.25, 0.3) is 5.70 Å². The number of rotatable bonds is 2. The van der Waals surface area contributed by atoms with Crippen LogP contribution in [0.25, 0.3) is 6.08 Å². The average Bonchev–Trinajstić information content (AvgIpc) is 2.49. The highest BCUT2D eigenvalue weighted by Crippen LogP contribution is 2.55. The summed E-state index contributed by atoms with van der Waals surface area (Å²) in [7, 11) is 1.47. The molecular weight excluding hydrogens is 274 g/mol. The number of aromatic hydroxyl groups is 2. The van der Waals surface area contributed by atoms with Crippen LogP contribution in [0, 0.1) is 10.1 Å². The maximum Gasteiger partial charge on any atom is 0.279 e. The van der Waals surface area contributed by atoms with Crippen molar-refractivity contribution in [2.75, 3.05) is 7.11 Å². The first-order valence-electron chi connectivity index (χ1n) is 6.98. The highest BCUT2D eigenvalue weighted by atomic mass is 16.6. The predicted molar refractivity (Wildman–Crippen MR) is 75.7 cm³/mol. The zero-order valence-electron chi connectivity index (χ0n) is 11.7. The van der Waals surface area contributed by atoms with E-state index in [9.17, 15) is 20.3 Å². The Kier molecular flexibility index (Phi) is 3.13. The summed E-state index contributed by atoms with van der Waals surface area (Å²) >= 11 is 0. The maximum atomic E-state index is 11.5. The van der Waals surface area contributed by atoms with E-state index in [2.05, 4.69) is 0 Å². The minimum atomic E-state index is -1.03. The third-order valence-electron chi connectivity index (χ3n) is 4.72. The summed E-state index contributed by atoms with van der Waals surface area (Å²) in [5.41, 5.74) is -0.174. The molecule has 3 rings (SSSR count). The molecule has 1 aromatic carbocycles. The van der Waals surface area contributed by atoms with Gasteiger partial charge in [0.1, 0.15) is 11.5 Å². The monoisotopic (exact) mass is 291 g/mol. The van der Waals surface area contributed by atoms with Crippen LogP contribution in [0.5, 0.6) is 11.5 Å². The highest BCUT2D eigenvalue weighted by molar-refractivity contribution is 5.71. The minimum absolute atomic E-state index is 0.0388. The molecule has 2 N–H and O–H groups in total. The number of ether oxygens (including phenoxy) is 1. The Balaban J connectivity index is 2.32. The van der Waals surface area contributed by atoms with Crippen LogP contribution in [0.3, 0.4) is 0 Å². The largest absolute Gasteiger partial charge is 0.508 e. The van der Waals surface area contributed by atoms with Gasteiger partial charge in [0.15, 0.2) is 5.60 Å². The second kappa shape index (κ2) is 4.73. The van der Waals surface area contributed by atoms with E-state index in [-0.39, 0.29) is 23.1 Å². The Labute approximate surface area is 121 Å². The van der Waals surface area contributed by atoms with Crippen molar-refractivity contribution in [1.29, 1.82) is 0 Å². The van der Waals surface area contributed by atoms with Crippen molar-refractivity contribution in [2.24, 2.45) is 0 Å². The summed E-state index contributed by atoms with van der Waals surface area (Å²) in [6.07, 6.45) is 4.31. The standard InChI is InChI=1S/C15H17NO5/c1-21-15-7-3-2-4-10(15)14-9(8-13(15)16(19)20)11(17)5-6-12(14)18/h5-6,8,10,17-18H,2-4,7H2,1H3/t10-,15+/m1/s1. The first kappa shape index (κ1) is 13.9. The van der Waals surface area contributed by atoms with Crippen LogP contribution in [0.4, 0.5) is 0 Å². The number of hydrogen-bond donors (Lipinski definition) is 2. The lowest BCUT2D eigenvalue weighted by Crippen LogP contribution is -2.47. The fourth-order valence-electron chi connectivity index (χ4n) is 3.77. The zero-order valence-corrected chi connectivity index (χ0v) is 11.7. The number of phenols is 2. The highest BCUT2D eigenvalue weighted by Gasteiger charge is 2.55. The average molecular weight is 291 g/mol. The molecule has 0 spiro atoms. The van der Waals surface area contributed by atoms with E-state index in [1.165, 1.54) is 25.3 Å². The summed E-state index contributed by atoms with van der Waals surface area (Å²) in [5, 5.41) is 31.7. The van der Waals surface area contributed by atoms with E-state index in [0.29, 0.717) is 24.0 Å². The van der Waals surface area contributed by atoms with Crippen LogP contribution in [-0.4, -0.2) is 27.8 Å². The molecule has 0 heterocycles. The second-order valence-corrected chi connectivity index (χ2v) is 5.61. The van der Waals surface area contributed by atoms with Gasteiger partial charge in [-0.25, -0.2) is 0 Å². The van der Waals surface area contributed by atoms with Crippen molar-refractivity contribution >= 4 is 6.08 Å². The topological polar surface area (TPSA) is 92.8 Å². The third kappa shape index (κ3) is 1.82. The van der Waals surface area contributed by atoms with E-state index in [4.69, 9.17) is 4.74 Å². The summed E-state index contributed by atoms with van der Waals surface area (Å²) in [6, 6.07) is 2.78. The number of nitro groups is 1. The molecule has 0 unspecified atom stereocenters. The van der Waals surface area contributed by atoms with Crippen LogP contribution in [0.1, 0.15) is 42.7 Å². The molecule has 6 heteroatoms. The van der Waals surface area contributed by atoms with Gasteiger partial charge < -0.3 is 14.9 Å². The van der Waals surface area contributed by atoms with E-state index in [1.807, 2.05) is 0 Å². The van der Waals surface area contributed by atoms with Crippen molar-refractivity contribution in [3.63, 3.8) is 0 Å². The fourth-order valence-corrected chi connectivity index (χ4v) is 3.77. The van der Waals surface area contributed by atoms with Crippen molar-refractivity contribution in [1.82, 2.24) is 0 Å². The quantitative estimate of drug-likeness (QED) is 0.496. The summed E-state index contributed by atoms with van der Waals surface area (Å²) < 4.78 is 5.61. The normalized spacial score (nSPS) is 27.5. The molecular formula is C15H17NO5. The molecule has 2 atom stereocenters. The summed E-state index contributed by atoms with van der Waals surface area (Å²) in [5.74, 6) is -0.323. The van der Waals surface area contributed by atoms with Gasteiger partial charge >= 0.3 is 0 Å². The van der Waals surface area contributed by atoms with Gasteiger partial charge in [-0.1, -0.05) is 6.42 Å². The van der Waals surface area contributed by atoms with Gasteiger partial charge in [0, 0.05) is 30.2 Å². The van der Waals surface area contributed by atoms with Crippen molar-refractivity contribution < 1.29 is 19.9 Å². The lowest BCUT2D eigenvalue weighted by molar-refractivity contribution is -0.446. The molecule has 1 fully saturated rings. The smallest absolute Gasteiger partial charge is 0.279 e. The molecule has 1 aromatic rings. The van der Waals surface area contributed by atoms with Gasteiger partial charge in [-0.3, -0.25) is 10.1 Å². The first-order valence-corrected chi connectivity index (χ1v) is 6.98. The van der Waals surface area contributed by atoms with Gasteiger partial charge in [0.05, 0.1) is 4.92 Å². The van der Waals surface area contributed by atoms with Gasteiger partial charge in [-0.2, -0.15) is 0 Å². The molecule has 2 aliphatic rings. The van der Waals surface area contributed by atoms with Crippen LogP contribution >= 0.6 is 0 Å².